The van der Waals surface area contributed by atoms with E-state index in [1.807, 2.05) is 0 Å². The fourth-order valence-electron chi connectivity index (χ4n) is 2.90. The maximum atomic E-state index is 5.56. The molecule has 1 heterocycles. The van der Waals surface area contributed by atoms with Gasteiger partial charge in [-0.1, -0.05) is 26.8 Å². The number of methoxy groups -OCH3 is 1. The molecule has 2 heteroatoms. The first-order valence-corrected chi connectivity index (χ1v) is 7.33. The Bertz CT molecular complexity index is 439. The van der Waals surface area contributed by atoms with E-state index in [-0.39, 0.29) is 5.41 Å². The Morgan fingerprint density at radius 3 is 2.58 bits per heavy atom. The minimum Gasteiger partial charge on any atom is -0.496 e. The van der Waals surface area contributed by atoms with Crippen molar-refractivity contribution in [3.63, 3.8) is 0 Å². The lowest BCUT2D eigenvalue weighted by Gasteiger charge is -2.24. The summed E-state index contributed by atoms with van der Waals surface area (Å²) in [6.07, 6.45) is 3.75. The van der Waals surface area contributed by atoms with E-state index in [4.69, 9.17) is 4.74 Å². The lowest BCUT2D eigenvalue weighted by Crippen LogP contribution is -2.24. The van der Waals surface area contributed by atoms with Crippen LogP contribution >= 0.6 is 0 Å². The van der Waals surface area contributed by atoms with E-state index in [9.17, 15) is 0 Å². The zero-order valence-corrected chi connectivity index (χ0v) is 13.0. The fourth-order valence-corrected chi connectivity index (χ4v) is 2.90. The van der Waals surface area contributed by atoms with Crippen LogP contribution in [0.15, 0.2) is 12.1 Å². The molecular formula is C17H27NO. The van der Waals surface area contributed by atoms with E-state index in [2.05, 4.69) is 45.1 Å². The average molecular weight is 261 g/mol. The van der Waals surface area contributed by atoms with Crippen LogP contribution in [0.5, 0.6) is 5.75 Å². The topological polar surface area (TPSA) is 21.3 Å². The average Bonchev–Trinajstić information content (AvgIpc) is 2.82. The van der Waals surface area contributed by atoms with Crippen molar-refractivity contribution in [2.75, 3.05) is 13.7 Å². The molecule has 106 valence electrons. The van der Waals surface area contributed by atoms with Gasteiger partial charge in [-0.2, -0.15) is 0 Å². The number of aryl methyl sites for hydroxylation is 1. The summed E-state index contributed by atoms with van der Waals surface area (Å²) < 4.78 is 5.56. The summed E-state index contributed by atoms with van der Waals surface area (Å²) in [6, 6.07) is 5.21. The molecule has 1 aromatic carbocycles. The molecule has 1 aliphatic rings. The van der Waals surface area contributed by atoms with Crippen LogP contribution in [0.3, 0.4) is 0 Å². The van der Waals surface area contributed by atoms with Gasteiger partial charge in [-0.15, -0.1) is 0 Å². The fraction of sp³-hybridized carbons (Fsp3) is 0.647. The number of nitrogens with one attached hydrogen (secondary N) is 1. The molecule has 2 rings (SSSR count). The zero-order valence-electron chi connectivity index (χ0n) is 13.0. The summed E-state index contributed by atoms with van der Waals surface area (Å²) >= 11 is 0. The van der Waals surface area contributed by atoms with Crippen molar-refractivity contribution >= 4 is 0 Å². The summed E-state index contributed by atoms with van der Waals surface area (Å²) in [5.41, 5.74) is 4.24. The van der Waals surface area contributed by atoms with E-state index < -0.39 is 0 Å². The van der Waals surface area contributed by atoms with Crippen molar-refractivity contribution < 1.29 is 4.74 Å². The molecule has 1 N–H and O–H groups in total. The molecule has 2 nitrogen and oxygen atoms in total. The Balaban J connectivity index is 2.32. The van der Waals surface area contributed by atoms with E-state index in [0.717, 1.165) is 12.2 Å². The van der Waals surface area contributed by atoms with Gasteiger partial charge in [-0.25, -0.2) is 0 Å². The highest BCUT2D eigenvalue weighted by molar-refractivity contribution is 5.46. The van der Waals surface area contributed by atoms with Crippen molar-refractivity contribution in [1.29, 1.82) is 0 Å². The summed E-state index contributed by atoms with van der Waals surface area (Å²) in [7, 11) is 1.77. The maximum Gasteiger partial charge on any atom is 0.122 e. The molecule has 1 atom stereocenters. The third-order valence-electron chi connectivity index (χ3n) is 4.09. The number of hydrogen-bond acceptors (Lipinski definition) is 2. The van der Waals surface area contributed by atoms with E-state index in [1.165, 1.54) is 36.1 Å². The van der Waals surface area contributed by atoms with Crippen molar-refractivity contribution in [2.24, 2.45) is 0 Å². The molecule has 1 saturated heterocycles. The molecule has 0 aromatic heterocycles. The molecule has 0 spiro atoms. The summed E-state index contributed by atoms with van der Waals surface area (Å²) in [5, 5.41) is 3.59. The van der Waals surface area contributed by atoms with Crippen LogP contribution in [0.2, 0.25) is 0 Å². The predicted molar refractivity (Wildman–Crippen MR) is 81.2 cm³/mol. The van der Waals surface area contributed by atoms with Gasteiger partial charge in [0.05, 0.1) is 7.11 Å². The lowest BCUT2D eigenvalue weighted by atomic mass is 9.83. The van der Waals surface area contributed by atoms with E-state index >= 15 is 0 Å². The van der Waals surface area contributed by atoms with E-state index in [0.29, 0.717) is 6.04 Å². The minimum absolute atomic E-state index is 0.122. The normalized spacial score (nSPS) is 19.7. The van der Waals surface area contributed by atoms with Crippen LogP contribution < -0.4 is 10.1 Å². The van der Waals surface area contributed by atoms with Crippen LogP contribution in [-0.4, -0.2) is 19.7 Å². The molecule has 19 heavy (non-hydrogen) atoms. The highest BCUT2D eigenvalue weighted by atomic mass is 16.5. The molecule has 0 amide bonds. The monoisotopic (exact) mass is 261 g/mol. The minimum atomic E-state index is 0.122. The largest absolute Gasteiger partial charge is 0.496 e. The van der Waals surface area contributed by atoms with Crippen LogP contribution in [0.25, 0.3) is 0 Å². The third-order valence-corrected chi connectivity index (χ3v) is 4.09. The van der Waals surface area contributed by atoms with E-state index in [1.54, 1.807) is 7.11 Å². The van der Waals surface area contributed by atoms with Crippen LogP contribution in [0.4, 0.5) is 0 Å². The number of rotatable bonds is 3. The first-order valence-electron chi connectivity index (χ1n) is 7.33. The first-order chi connectivity index (χ1) is 8.91. The standard InChI is InChI=1S/C17H27NO/c1-12-9-16(19-5)15(17(2,3)4)11-13(12)10-14-7-6-8-18-14/h9,11,14,18H,6-8,10H2,1-5H3. The Labute approximate surface area is 117 Å². The number of ether oxygens (including phenoxy) is 1. The molecule has 0 saturated carbocycles. The van der Waals surface area contributed by atoms with Crippen LogP contribution in [0, 0.1) is 6.92 Å². The smallest absolute Gasteiger partial charge is 0.122 e. The summed E-state index contributed by atoms with van der Waals surface area (Å²) in [5.74, 6) is 1.02. The maximum absolute atomic E-state index is 5.56. The highest BCUT2D eigenvalue weighted by Crippen LogP contribution is 2.34. The van der Waals surface area contributed by atoms with Gasteiger partial charge in [0.15, 0.2) is 0 Å². The second-order valence-corrected chi connectivity index (χ2v) is 6.73. The molecule has 0 radical (unpaired) electrons. The number of benzene rings is 1. The Kier molecular flexibility index (Phi) is 4.19. The van der Waals surface area contributed by atoms with Gasteiger partial charge >= 0.3 is 0 Å². The quantitative estimate of drug-likeness (QED) is 0.897. The van der Waals surface area contributed by atoms with Gasteiger partial charge in [0.1, 0.15) is 5.75 Å². The first kappa shape index (κ1) is 14.4. The van der Waals surface area contributed by atoms with Crippen molar-refractivity contribution in [1.82, 2.24) is 5.32 Å². The SMILES string of the molecule is COc1cc(C)c(CC2CCCN2)cc1C(C)(C)C. The zero-order chi connectivity index (χ0) is 14.0. The highest BCUT2D eigenvalue weighted by Gasteiger charge is 2.22. The van der Waals surface area contributed by atoms with Crippen molar-refractivity contribution in [2.45, 2.75) is 58.4 Å². The molecule has 1 aromatic rings. The van der Waals surface area contributed by atoms with Gasteiger partial charge in [0, 0.05) is 6.04 Å². The molecule has 1 fully saturated rings. The molecule has 1 unspecified atom stereocenters. The van der Waals surface area contributed by atoms with Gasteiger partial charge in [0.25, 0.3) is 0 Å². The number of hydrogen-bond donors (Lipinski definition) is 1. The van der Waals surface area contributed by atoms with Crippen molar-refractivity contribution in [3.05, 3.63) is 28.8 Å². The molecule has 1 aliphatic heterocycles. The Hall–Kier alpha value is -1.02. The second kappa shape index (κ2) is 5.54. The lowest BCUT2D eigenvalue weighted by molar-refractivity contribution is 0.396. The van der Waals surface area contributed by atoms with Crippen LogP contribution in [-0.2, 0) is 11.8 Å². The van der Waals surface area contributed by atoms with Crippen molar-refractivity contribution in [3.8, 4) is 5.75 Å². The van der Waals surface area contributed by atoms with Gasteiger partial charge < -0.3 is 10.1 Å². The van der Waals surface area contributed by atoms with Gasteiger partial charge in [-0.05, 0) is 60.9 Å². The molecule has 0 bridgehead atoms. The molecule has 0 aliphatic carbocycles. The van der Waals surface area contributed by atoms with Crippen LogP contribution in [0.1, 0.15) is 50.3 Å². The van der Waals surface area contributed by atoms with Gasteiger partial charge in [-0.3, -0.25) is 0 Å². The predicted octanol–water partition coefficient (Wildman–Crippen LogP) is 3.60. The Morgan fingerprint density at radius 1 is 1.32 bits per heavy atom. The summed E-state index contributed by atoms with van der Waals surface area (Å²) in [6.45, 7) is 10.1. The molecular weight excluding hydrogens is 234 g/mol. The Morgan fingerprint density at radius 2 is 2.05 bits per heavy atom. The summed E-state index contributed by atoms with van der Waals surface area (Å²) in [4.78, 5) is 0. The van der Waals surface area contributed by atoms with Gasteiger partial charge in [0.2, 0.25) is 0 Å². The third kappa shape index (κ3) is 3.30. The second-order valence-electron chi connectivity index (χ2n) is 6.73.